The van der Waals surface area contributed by atoms with Crippen LogP contribution in [0.5, 0.6) is 11.5 Å². The zero-order valence-corrected chi connectivity index (χ0v) is 20.9. The Morgan fingerprint density at radius 3 is 2.51 bits per heavy atom. The first kappa shape index (κ1) is 26.2. The van der Waals surface area contributed by atoms with E-state index in [1.54, 1.807) is 36.3 Å². The van der Waals surface area contributed by atoms with Gasteiger partial charge in [0, 0.05) is 24.2 Å². The summed E-state index contributed by atoms with van der Waals surface area (Å²) in [5, 5.41) is 3.09. The minimum Gasteiger partial charge on any atom is -0.496 e. The van der Waals surface area contributed by atoms with Gasteiger partial charge >= 0.3 is 5.97 Å². The molecule has 1 aliphatic heterocycles. The third kappa shape index (κ3) is 7.31. The zero-order chi connectivity index (χ0) is 25.9. The van der Waals surface area contributed by atoms with Crippen molar-refractivity contribution in [2.45, 2.75) is 19.1 Å². The van der Waals surface area contributed by atoms with Crippen LogP contribution in [-0.2, 0) is 20.9 Å². The maximum Gasteiger partial charge on any atom is 0.338 e. The number of benzene rings is 3. The lowest BCUT2D eigenvalue weighted by Gasteiger charge is -2.35. The molecule has 4 rings (SSSR count). The van der Waals surface area contributed by atoms with Gasteiger partial charge in [-0.2, -0.15) is 0 Å². The SMILES string of the molecule is COc1ccccc1COCCCOc1ccc(N2C(=O)CNC[C@@H]2COC(=O)c2ccccc2)cc1. The highest BCUT2D eigenvalue weighted by atomic mass is 16.5. The number of amides is 1. The highest BCUT2D eigenvalue weighted by Crippen LogP contribution is 2.23. The van der Waals surface area contributed by atoms with Gasteiger partial charge in [0.2, 0.25) is 5.91 Å². The summed E-state index contributed by atoms with van der Waals surface area (Å²) in [6, 6.07) is 23.7. The molecular formula is C29H32N2O6. The Morgan fingerprint density at radius 1 is 0.973 bits per heavy atom. The molecule has 1 amide bonds. The van der Waals surface area contributed by atoms with E-state index in [0.717, 1.165) is 23.4 Å². The molecule has 3 aromatic rings. The van der Waals surface area contributed by atoms with E-state index in [2.05, 4.69) is 5.32 Å². The van der Waals surface area contributed by atoms with Gasteiger partial charge in [-0.05, 0) is 42.5 Å². The number of rotatable bonds is 12. The molecule has 194 valence electrons. The van der Waals surface area contributed by atoms with Gasteiger partial charge in [-0.1, -0.05) is 36.4 Å². The molecule has 0 radical (unpaired) electrons. The summed E-state index contributed by atoms with van der Waals surface area (Å²) in [6.07, 6.45) is 0.738. The highest BCUT2D eigenvalue weighted by Gasteiger charge is 2.30. The molecule has 0 aliphatic carbocycles. The fraction of sp³-hybridized carbons (Fsp3) is 0.310. The maximum atomic E-state index is 12.7. The number of hydrogen-bond acceptors (Lipinski definition) is 7. The summed E-state index contributed by atoms with van der Waals surface area (Å²) < 4.78 is 22.4. The van der Waals surface area contributed by atoms with Crippen molar-refractivity contribution in [1.29, 1.82) is 0 Å². The number of piperazine rings is 1. The molecule has 0 aromatic heterocycles. The highest BCUT2D eigenvalue weighted by molar-refractivity contribution is 5.96. The predicted molar refractivity (Wildman–Crippen MR) is 140 cm³/mol. The number of carbonyl (C=O) groups is 2. The molecule has 3 aromatic carbocycles. The zero-order valence-electron chi connectivity index (χ0n) is 20.9. The van der Waals surface area contributed by atoms with E-state index in [4.69, 9.17) is 18.9 Å². The summed E-state index contributed by atoms with van der Waals surface area (Å²) in [5.74, 6) is 1.05. The van der Waals surface area contributed by atoms with Crippen LogP contribution in [0.3, 0.4) is 0 Å². The van der Waals surface area contributed by atoms with Gasteiger partial charge in [-0.15, -0.1) is 0 Å². The van der Waals surface area contributed by atoms with Crippen LogP contribution in [0.4, 0.5) is 5.69 Å². The standard InChI is InChI=1S/C29H32N2O6/c1-34-27-11-6-5-10-23(27)20-35-16-7-17-36-26-14-12-24(13-15-26)31-25(18-30-19-28(31)32)21-37-29(33)22-8-3-2-4-9-22/h2-6,8-15,25,30H,7,16-21H2,1H3/t25-/m1/s1. The fourth-order valence-electron chi connectivity index (χ4n) is 4.10. The van der Waals surface area contributed by atoms with Crippen molar-refractivity contribution in [2.75, 3.05) is 44.9 Å². The van der Waals surface area contributed by atoms with Crippen LogP contribution in [0.1, 0.15) is 22.3 Å². The van der Waals surface area contributed by atoms with E-state index in [9.17, 15) is 9.59 Å². The Bertz CT molecular complexity index is 1150. The number of anilines is 1. The average molecular weight is 505 g/mol. The van der Waals surface area contributed by atoms with Crippen LogP contribution in [0.2, 0.25) is 0 Å². The molecule has 0 saturated carbocycles. The second-order valence-corrected chi connectivity index (χ2v) is 8.57. The summed E-state index contributed by atoms with van der Waals surface area (Å²) in [5.41, 5.74) is 2.23. The van der Waals surface area contributed by atoms with Gasteiger partial charge in [-0.25, -0.2) is 4.79 Å². The van der Waals surface area contributed by atoms with Crippen molar-refractivity contribution >= 4 is 17.6 Å². The second kappa shape index (κ2) is 13.4. The Labute approximate surface area is 217 Å². The van der Waals surface area contributed by atoms with Crippen LogP contribution in [0.15, 0.2) is 78.9 Å². The van der Waals surface area contributed by atoms with Crippen molar-refractivity contribution in [3.05, 3.63) is 90.0 Å². The number of nitrogens with zero attached hydrogens (tertiary/aromatic N) is 1. The van der Waals surface area contributed by atoms with Crippen LogP contribution in [0.25, 0.3) is 0 Å². The Morgan fingerprint density at radius 2 is 1.73 bits per heavy atom. The van der Waals surface area contributed by atoms with E-state index in [1.807, 2.05) is 54.6 Å². The third-order valence-electron chi connectivity index (χ3n) is 5.97. The largest absolute Gasteiger partial charge is 0.496 e. The summed E-state index contributed by atoms with van der Waals surface area (Å²) in [4.78, 5) is 26.7. The summed E-state index contributed by atoms with van der Waals surface area (Å²) >= 11 is 0. The molecule has 1 saturated heterocycles. The smallest absolute Gasteiger partial charge is 0.338 e. The first-order valence-electron chi connectivity index (χ1n) is 12.3. The first-order valence-corrected chi connectivity index (χ1v) is 12.3. The number of carbonyl (C=O) groups excluding carboxylic acids is 2. The predicted octanol–water partition coefficient (Wildman–Crippen LogP) is 3.84. The van der Waals surface area contributed by atoms with E-state index < -0.39 is 5.97 Å². The van der Waals surface area contributed by atoms with Crippen molar-refractivity contribution in [1.82, 2.24) is 5.32 Å². The Kier molecular flexibility index (Phi) is 9.51. The molecule has 1 fully saturated rings. The van der Waals surface area contributed by atoms with Crippen LogP contribution >= 0.6 is 0 Å². The van der Waals surface area contributed by atoms with Crippen molar-refractivity contribution in [3.8, 4) is 11.5 Å². The molecule has 0 spiro atoms. The Hall–Kier alpha value is -3.88. The maximum absolute atomic E-state index is 12.7. The normalized spacial score (nSPS) is 15.3. The van der Waals surface area contributed by atoms with Gasteiger partial charge in [0.05, 0.1) is 45.1 Å². The minimum atomic E-state index is -0.408. The minimum absolute atomic E-state index is 0.0760. The molecular weight excluding hydrogens is 472 g/mol. The fourth-order valence-corrected chi connectivity index (χ4v) is 4.10. The molecule has 37 heavy (non-hydrogen) atoms. The van der Waals surface area contributed by atoms with Gasteiger partial charge in [0.25, 0.3) is 0 Å². The number of methoxy groups -OCH3 is 1. The van der Waals surface area contributed by atoms with Crippen LogP contribution in [-0.4, -0.2) is 57.9 Å². The van der Waals surface area contributed by atoms with Crippen molar-refractivity contribution in [3.63, 3.8) is 0 Å². The topological polar surface area (TPSA) is 86.3 Å². The lowest BCUT2D eigenvalue weighted by Crippen LogP contribution is -2.57. The summed E-state index contributed by atoms with van der Waals surface area (Å²) in [7, 11) is 1.65. The van der Waals surface area contributed by atoms with E-state index in [1.165, 1.54) is 0 Å². The van der Waals surface area contributed by atoms with E-state index >= 15 is 0 Å². The number of ether oxygens (including phenoxy) is 4. The molecule has 8 nitrogen and oxygen atoms in total. The van der Waals surface area contributed by atoms with Crippen LogP contribution < -0.4 is 19.7 Å². The molecule has 8 heteroatoms. The molecule has 0 unspecified atom stereocenters. The number of hydrogen-bond donors (Lipinski definition) is 1. The Balaban J connectivity index is 1.24. The lowest BCUT2D eigenvalue weighted by molar-refractivity contribution is -0.119. The molecule has 0 bridgehead atoms. The average Bonchev–Trinajstić information content (AvgIpc) is 2.94. The molecule has 1 atom stereocenters. The quantitative estimate of drug-likeness (QED) is 0.296. The third-order valence-corrected chi connectivity index (χ3v) is 5.97. The first-order chi connectivity index (χ1) is 18.2. The number of nitrogens with one attached hydrogen (secondary N) is 1. The monoisotopic (exact) mass is 504 g/mol. The molecule has 1 N–H and O–H groups in total. The van der Waals surface area contributed by atoms with E-state index in [-0.39, 0.29) is 25.1 Å². The van der Waals surface area contributed by atoms with Gasteiger partial charge in [0.1, 0.15) is 18.1 Å². The van der Waals surface area contributed by atoms with Crippen LogP contribution in [0, 0.1) is 0 Å². The lowest BCUT2D eigenvalue weighted by atomic mass is 10.1. The van der Waals surface area contributed by atoms with Crippen molar-refractivity contribution in [2.24, 2.45) is 0 Å². The molecule has 1 heterocycles. The van der Waals surface area contributed by atoms with E-state index in [0.29, 0.717) is 37.7 Å². The number of para-hydroxylation sites is 1. The molecule has 1 aliphatic rings. The van der Waals surface area contributed by atoms with Gasteiger partial charge < -0.3 is 29.2 Å². The summed E-state index contributed by atoms with van der Waals surface area (Å²) in [6.45, 7) is 2.42. The van der Waals surface area contributed by atoms with Gasteiger partial charge in [0.15, 0.2) is 0 Å². The van der Waals surface area contributed by atoms with Gasteiger partial charge in [-0.3, -0.25) is 4.79 Å². The second-order valence-electron chi connectivity index (χ2n) is 8.57. The van der Waals surface area contributed by atoms with Crippen molar-refractivity contribution < 1.29 is 28.5 Å². The number of esters is 1.